The molecule has 3 rings (SSSR count). The first-order valence-corrected chi connectivity index (χ1v) is 14.2. The van der Waals surface area contributed by atoms with Gasteiger partial charge in [-0.3, -0.25) is 9.59 Å². The summed E-state index contributed by atoms with van der Waals surface area (Å²) in [5.41, 5.74) is 0.270. The maximum Gasteiger partial charge on any atom is 0.410 e. The number of hydrogen-bond acceptors (Lipinski definition) is 6. The Morgan fingerprint density at radius 1 is 1.21 bits per heavy atom. The second-order valence-electron chi connectivity index (χ2n) is 12.3. The zero-order valence-electron chi connectivity index (χ0n) is 25.3. The Hall–Kier alpha value is -2.81. The number of benzene rings is 1. The van der Waals surface area contributed by atoms with Crippen LogP contribution >= 0.6 is 0 Å². The van der Waals surface area contributed by atoms with Gasteiger partial charge < -0.3 is 28.9 Å². The molecule has 218 valence electrons. The SMILES string of the molecule is CCCOCCN1C(=O)C(C)(C)Oc2cc(C)c(C(=O)N(C(C)C)[C@@H]3CCCN(C(=O)OC(C)(C)C)C3)cc21. The van der Waals surface area contributed by atoms with E-state index >= 15 is 0 Å². The first-order valence-electron chi connectivity index (χ1n) is 14.2. The summed E-state index contributed by atoms with van der Waals surface area (Å²) in [5, 5.41) is 0. The third kappa shape index (κ3) is 7.24. The third-order valence-corrected chi connectivity index (χ3v) is 6.99. The van der Waals surface area contributed by atoms with Crippen molar-refractivity contribution in [2.45, 2.75) is 105 Å². The zero-order chi connectivity index (χ0) is 29.1. The minimum atomic E-state index is -1.02. The lowest BCUT2D eigenvalue weighted by molar-refractivity contribution is -0.132. The lowest BCUT2D eigenvalue weighted by Crippen LogP contribution is -2.55. The van der Waals surface area contributed by atoms with Gasteiger partial charge in [0.1, 0.15) is 11.4 Å². The second-order valence-corrected chi connectivity index (χ2v) is 12.3. The zero-order valence-corrected chi connectivity index (χ0v) is 25.3. The van der Waals surface area contributed by atoms with Gasteiger partial charge in [-0.15, -0.1) is 0 Å². The van der Waals surface area contributed by atoms with E-state index in [4.69, 9.17) is 14.2 Å². The summed E-state index contributed by atoms with van der Waals surface area (Å²) < 4.78 is 17.4. The van der Waals surface area contributed by atoms with Crippen molar-refractivity contribution in [1.82, 2.24) is 9.80 Å². The van der Waals surface area contributed by atoms with E-state index in [2.05, 4.69) is 0 Å². The number of rotatable bonds is 8. The number of fused-ring (bicyclic) bond motifs is 1. The number of likely N-dealkylation sites (tertiary alicyclic amines) is 1. The molecule has 1 saturated heterocycles. The van der Waals surface area contributed by atoms with E-state index < -0.39 is 11.2 Å². The van der Waals surface area contributed by atoms with Crippen molar-refractivity contribution in [3.05, 3.63) is 23.3 Å². The maximum atomic E-state index is 14.1. The van der Waals surface area contributed by atoms with Crippen molar-refractivity contribution in [3.63, 3.8) is 0 Å². The van der Waals surface area contributed by atoms with E-state index in [1.54, 1.807) is 29.7 Å². The normalized spacial score (nSPS) is 19.0. The Labute approximate surface area is 233 Å². The standard InChI is InChI=1S/C30H47N3O6/c1-10-15-37-16-14-32-24-18-23(21(4)17-25(24)38-30(8,9)27(32)35)26(34)33(20(2)3)22-12-11-13-31(19-22)28(36)39-29(5,6)7/h17-18,20,22H,10-16,19H2,1-9H3/t22-/m1/s1. The molecule has 0 aromatic heterocycles. The summed E-state index contributed by atoms with van der Waals surface area (Å²) in [7, 11) is 0. The highest BCUT2D eigenvalue weighted by molar-refractivity contribution is 6.05. The van der Waals surface area contributed by atoms with E-state index in [-0.39, 0.29) is 30.0 Å². The van der Waals surface area contributed by atoms with Crippen LogP contribution in [-0.2, 0) is 14.3 Å². The number of anilines is 1. The van der Waals surface area contributed by atoms with Gasteiger partial charge in [-0.05, 0) is 92.3 Å². The van der Waals surface area contributed by atoms with E-state index in [0.717, 1.165) is 24.8 Å². The van der Waals surface area contributed by atoms with Gasteiger partial charge in [0.15, 0.2) is 5.60 Å². The highest BCUT2D eigenvalue weighted by atomic mass is 16.6. The Bertz CT molecular complexity index is 1060. The molecule has 0 radical (unpaired) electrons. The number of amides is 3. The molecular weight excluding hydrogens is 498 g/mol. The summed E-state index contributed by atoms with van der Waals surface area (Å²) in [5.74, 6) is 0.285. The number of nitrogens with zero attached hydrogens (tertiary/aromatic N) is 3. The number of carbonyl (C=O) groups excluding carboxylic acids is 3. The average Bonchev–Trinajstić information content (AvgIpc) is 2.82. The second kappa shape index (κ2) is 12.1. The topological polar surface area (TPSA) is 88.6 Å². The fraction of sp³-hybridized carbons (Fsp3) is 0.700. The Kier molecular flexibility index (Phi) is 9.57. The predicted octanol–water partition coefficient (Wildman–Crippen LogP) is 5.18. The largest absolute Gasteiger partial charge is 0.476 e. The Balaban J connectivity index is 1.91. The van der Waals surface area contributed by atoms with Crippen LogP contribution < -0.4 is 9.64 Å². The summed E-state index contributed by atoms with van der Waals surface area (Å²) in [6, 6.07) is 3.39. The molecule has 1 aromatic rings. The molecule has 39 heavy (non-hydrogen) atoms. The van der Waals surface area contributed by atoms with Gasteiger partial charge >= 0.3 is 6.09 Å². The molecular formula is C30H47N3O6. The highest BCUT2D eigenvalue weighted by Crippen LogP contribution is 2.40. The molecule has 0 N–H and O–H groups in total. The molecule has 0 aliphatic carbocycles. The molecule has 0 spiro atoms. The summed E-state index contributed by atoms with van der Waals surface area (Å²) in [6.45, 7) is 19.4. The van der Waals surface area contributed by atoms with Crippen LogP contribution in [0, 0.1) is 6.92 Å². The Morgan fingerprint density at radius 3 is 2.51 bits per heavy atom. The van der Waals surface area contributed by atoms with Crippen LogP contribution in [-0.4, -0.2) is 83.8 Å². The maximum absolute atomic E-state index is 14.1. The first kappa shape index (κ1) is 30.7. The van der Waals surface area contributed by atoms with Gasteiger partial charge in [0.05, 0.1) is 18.3 Å². The van der Waals surface area contributed by atoms with E-state index in [0.29, 0.717) is 49.8 Å². The van der Waals surface area contributed by atoms with Crippen molar-refractivity contribution < 1.29 is 28.6 Å². The monoisotopic (exact) mass is 545 g/mol. The van der Waals surface area contributed by atoms with Gasteiger partial charge in [0.25, 0.3) is 11.8 Å². The van der Waals surface area contributed by atoms with Gasteiger partial charge in [0.2, 0.25) is 0 Å². The lowest BCUT2D eigenvalue weighted by Gasteiger charge is -2.42. The Morgan fingerprint density at radius 2 is 1.90 bits per heavy atom. The van der Waals surface area contributed by atoms with Crippen LogP contribution in [0.3, 0.4) is 0 Å². The average molecular weight is 546 g/mol. The number of aryl methyl sites for hydroxylation is 1. The van der Waals surface area contributed by atoms with Gasteiger partial charge in [-0.25, -0.2) is 4.79 Å². The molecule has 0 bridgehead atoms. The van der Waals surface area contributed by atoms with Gasteiger partial charge in [0, 0.05) is 37.8 Å². The van der Waals surface area contributed by atoms with E-state index in [1.807, 2.05) is 59.4 Å². The fourth-order valence-corrected chi connectivity index (χ4v) is 5.21. The molecule has 9 nitrogen and oxygen atoms in total. The van der Waals surface area contributed by atoms with Crippen molar-refractivity contribution in [2.24, 2.45) is 0 Å². The summed E-state index contributed by atoms with van der Waals surface area (Å²) in [6.07, 6.45) is 2.12. The van der Waals surface area contributed by atoms with Crippen LogP contribution in [0.25, 0.3) is 0 Å². The summed E-state index contributed by atoms with van der Waals surface area (Å²) >= 11 is 0. The molecule has 2 heterocycles. The fourth-order valence-electron chi connectivity index (χ4n) is 5.21. The van der Waals surface area contributed by atoms with Crippen LogP contribution in [0.2, 0.25) is 0 Å². The molecule has 0 unspecified atom stereocenters. The molecule has 3 amide bonds. The van der Waals surface area contributed by atoms with Crippen LogP contribution in [0.4, 0.5) is 10.5 Å². The smallest absolute Gasteiger partial charge is 0.410 e. The molecule has 2 aliphatic rings. The van der Waals surface area contributed by atoms with Crippen molar-refractivity contribution >= 4 is 23.6 Å². The lowest BCUT2D eigenvalue weighted by atomic mass is 9.97. The van der Waals surface area contributed by atoms with Gasteiger partial charge in [-0.2, -0.15) is 0 Å². The van der Waals surface area contributed by atoms with E-state index in [1.165, 1.54) is 0 Å². The minimum Gasteiger partial charge on any atom is -0.476 e. The van der Waals surface area contributed by atoms with Crippen molar-refractivity contribution in [1.29, 1.82) is 0 Å². The highest BCUT2D eigenvalue weighted by Gasteiger charge is 2.42. The number of hydrogen-bond donors (Lipinski definition) is 0. The van der Waals surface area contributed by atoms with Crippen LogP contribution in [0.15, 0.2) is 12.1 Å². The predicted molar refractivity (Wildman–Crippen MR) is 151 cm³/mol. The molecule has 1 fully saturated rings. The minimum absolute atomic E-state index is 0.0909. The number of carbonyl (C=O) groups is 3. The van der Waals surface area contributed by atoms with Crippen LogP contribution in [0.1, 0.15) is 90.6 Å². The summed E-state index contributed by atoms with van der Waals surface area (Å²) in [4.78, 5) is 45.5. The first-order chi connectivity index (χ1) is 18.2. The molecule has 1 aromatic carbocycles. The van der Waals surface area contributed by atoms with Crippen molar-refractivity contribution in [2.75, 3.05) is 37.7 Å². The molecule has 0 saturated carbocycles. The number of piperidine rings is 1. The van der Waals surface area contributed by atoms with Crippen molar-refractivity contribution in [3.8, 4) is 5.75 Å². The quantitative estimate of drug-likeness (QED) is 0.419. The molecule has 9 heteroatoms. The third-order valence-electron chi connectivity index (χ3n) is 6.99. The van der Waals surface area contributed by atoms with Gasteiger partial charge in [-0.1, -0.05) is 6.92 Å². The van der Waals surface area contributed by atoms with E-state index in [9.17, 15) is 14.4 Å². The molecule has 2 aliphatic heterocycles. The number of ether oxygens (including phenoxy) is 3. The van der Waals surface area contributed by atoms with Crippen LogP contribution in [0.5, 0.6) is 5.75 Å². The molecule has 1 atom stereocenters.